The number of H-pyrrole nitrogens is 1. The number of rotatable bonds is 3. The van der Waals surface area contributed by atoms with Crippen molar-refractivity contribution in [3.05, 3.63) is 35.5 Å². The molecule has 0 radical (unpaired) electrons. The van der Waals surface area contributed by atoms with Gasteiger partial charge in [0, 0.05) is 43.7 Å². The molecular weight excluding hydrogens is 342 g/mol. The van der Waals surface area contributed by atoms with Gasteiger partial charge in [-0.15, -0.1) is 0 Å². The number of hydrogen-bond donors (Lipinski definition) is 1. The van der Waals surface area contributed by atoms with Crippen molar-refractivity contribution in [1.29, 1.82) is 0 Å². The van der Waals surface area contributed by atoms with Crippen LogP contribution in [-0.2, 0) is 9.53 Å². The summed E-state index contributed by atoms with van der Waals surface area (Å²) in [5, 5.41) is 1.08. The molecule has 27 heavy (non-hydrogen) atoms. The number of carbonyl (C=O) groups excluding carboxylic acids is 2. The zero-order chi connectivity index (χ0) is 19.0. The van der Waals surface area contributed by atoms with E-state index in [9.17, 15) is 9.59 Å². The summed E-state index contributed by atoms with van der Waals surface area (Å²) in [6.07, 6.45) is 2.89. The van der Waals surface area contributed by atoms with Crippen LogP contribution in [0.25, 0.3) is 10.9 Å². The SMILES string of the molecule is COCC(=O)N1CC[C@H]2[C@H](CCCN2C(=O)c2cc3cc(C)ccc3[nH]2)C1. The summed E-state index contributed by atoms with van der Waals surface area (Å²) in [6, 6.07) is 8.36. The average molecular weight is 369 g/mol. The van der Waals surface area contributed by atoms with Gasteiger partial charge in [0.15, 0.2) is 0 Å². The van der Waals surface area contributed by atoms with Gasteiger partial charge in [0.2, 0.25) is 5.91 Å². The molecule has 2 aromatic rings. The van der Waals surface area contributed by atoms with Gasteiger partial charge in [-0.3, -0.25) is 9.59 Å². The molecule has 2 amide bonds. The molecule has 1 aromatic heterocycles. The van der Waals surface area contributed by atoms with Crippen LogP contribution in [0.3, 0.4) is 0 Å². The van der Waals surface area contributed by atoms with Crippen LogP contribution in [0.15, 0.2) is 24.3 Å². The highest BCUT2D eigenvalue weighted by atomic mass is 16.5. The first-order valence-electron chi connectivity index (χ1n) is 9.74. The van der Waals surface area contributed by atoms with E-state index in [4.69, 9.17) is 4.74 Å². The van der Waals surface area contributed by atoms with E-state index in [1.165, 1.54) is 5.56 Å². The Morgan fingerprint density at radius 3 is 2.89 bits per heavy atom. The summed E-state index contributed by atoms with van der Waals surface area (Å²) >= 11 is 0. The van der Waals surface area contributed by atoms with Gasteiger partial charge in [-0.25, -0.2) is 0 Å². The van der Waals surface area contributed by atoms with Crippen molar-refractivity contribution in [2.75, 3.05) is 33.4 Å². The Morgan fingerprint density at radius 2 is 2.07 bits per heavy atom. The summed E-state index contributed by atoms with van der Waals surface area (Å²) in [4.78, 5) is 32.6. The van der Waals surface area contributed by atoms with E-state index in [1.807, 2.05) is 21.9 Å². The molecule has 0 saturated carbocycles. The fraction of sp³-hybridized carbons (Fsp3) is 0.524. The first-order valence-corrected chi connectivity index (χ1v) is 9.74. The van der Waals surface area contributed by atoms with E-state index >= 15 is 0 Å². The lowest BCUT2D eigenvalue weighted by atomic mass is 9.83. The molecule has 1 N–H and O–H groups in total. The van der Waals surface area contributed by atoms with Gasteiger partial charge < -0.3 is 19.5 Å². The monoisotopic (exact) mass is 369 g/mol. The lowest BCUT2D eigenvalue weighted by Gasteiger charge is -2.47. The molecule has 6 nitrogen and oxygen atoms in total. The second kappa shape index (κ2) is 7.35. The smallest absolute Gasteiger partial charge is 0.270 e. The average Bonchev–Trinajstić information content (AvgIpc) is 3.09. The molecule has 2 atom stereocenters. The molecule has 144 valence electrons. The summed E-state index contributed by atoms with van der Waals surface area (Å²) in [7, 11) is 1.55. The van der Waals surface area contributed by atoms with Gasteiger partial charge in [0.05, 0.1) is 0 Å². The van der Waals surface area contributed by atoms with E-state index < -0.39 is 0 Å². The molecule has 4 rings (SSSR count). The van der Waals surface area contributed by atoms with E-state index in [1.54, 1.807) is 7.11 Å². The lowest BCUT2D eigenvalue weighted by molar-refractivity contribution is -0.138. The van der Waals surface area contributed by atoms with Gasteiger partial charge in [-0.05, 0) is 50.3 Å². The molecule has 2 aliphatic heterocycles. The van der Waals surface area contributed by atoms with Crippen LogP contribution in [-0.4, -0.2) is 66.0 Å². The minimum atomic E-state index is 0.0467. The third kappa shape index (κ3) is 3.46. The first kappa shape index (κ1) is 18.0. The molecule has 6 heteroatoms. The standard InChI is InChI=1S/C21H27N3O3/c1-14-5-6-17-16(10-14)11-18(22-17)21(26)24-8-3-4-15-12-23(9-7-19(15)24)20(25)13-27-2/h5-6,10-11,15,19,22H,3-4,7-9,12-13H2,1-2H3/t15-,19+/m1/s1. The number of aromatic amines is 1. The maximum Gasteiger partial charge on any atom is 0.270 e. The van der Waals surface area contributed by atoms with Gasteiger partial charge in [0.25, 0.3) is 5.91 Å². The zero-order valence-electron chi connectivity index (χ0n) is 16.0. The Hall–Kier alpha value is -2.34. The van der Waals surface area contributed by atoms with Crippen LogP contribution in [0.2, 0.25) is 0 Å². The van der Waals surface area contributed by atoms with Crippen molar-refractivity contribution in [3.63, 3.8) is 0 Å². The number of piperidine rings is 2. The lowest BCUT2D eigenvalue weighted by Crippen LogP contribution is -2.57. The van der Waals surface area contributed by atoms with Gasteiger partial charge in [0.1, 0.15) is 12.3 Å². The molecule has 2 aliphatic rings. The molecule has 2 saturated heterocycles. The highest BCUT2D eigenvalue weighted by Crippen LogP contribution is 2.32. The number of ether oxygens (including phenoxy) is 1. The summed E-state index contributed by atoms with van der Waals surface area (Å²) in [5.41, 5.74) is 2.85. The molecule has 2 fully saturated rings. The number of fused-ring (bicyclic) bond motifs is 2. The van der Waals surface area contributed by atoms with E-state index in [0.717, 1.165) is 43.3 Å². The zero-order valence-corrected chi connectivity index (χ0v) is 16.0. The highest BCUT2D eigenvalue weighted by Gasteiger charge is 2.39. The second-order valence-electron chi connectivity index (χ2n) is 7.80. The Balaban J connectivity index is 1.51. The van der Waals surface area contributed by atoms with Gasteiger partial charge in [-0.1, -0.05) is 11.6 Å². The number of methoxy groups -OCH3 is 1. The molecule has 3 heterocycles. The van der Waals surface area contributed by atoms with Crippen LogP contribution in [0.4, 0.5) is 0 Å². The van der Waals surface area contributed by atoms with Crippen LogP contribution < -0.4 is 0 Å². The van der Waals surface area contributed by atoms with Crippen LogP contribution in [0.5, 0.6) is 0 Å². The van der Waals surface area contributed by atoms with Gasteiger partial charge in [-0.2, -0.15) is 0 Å². The normalized spacial score (nSPS) is 22.7. The molecule has 0 bridgehead atoms. The maximum absolute atomic E-state index is 13.2. The summed E-state index contributed by atoms with van der Waals surface area (Å²) in [5.74, 6) is 0.476. The Bertz CT molecular complexity index is 859. The first-order chi connectivity index (χ1) is 13.1. The number of nitrogens with one attached hydrogen (secondary N) is 1. The molecule has 0 aliphatic carbocycles. The minimum Gasteiger partial charge on any atom is -0.375 e. The van der Waals surface area contributed by atoms with E-state index in [0.29, 0.717) is 18.2 Å². The topological polar surface area (TPSA) is 65.6 Å². The number of hydrogen-bond acceptors (Lipinski definition) is 3. The quantitative estimate of drug-likeness (QED) is 0.904. The van der Waals surface area contributed by atoms with Crippen LogP contribution >= 0.6 is 0 Å². The van der Waals surface area contributed by atoms with E-state index in [2.05, 4.69) is 24.0 Å². The molecule has 0 spiro atoms. The molecule has 0 unspecified atom stereocenters. The van der Waals surface area contributed by atoms with Crippen molar-refractivity contribution < 1.29 is 14.3 Å². The summed E-state index contributed by atoms with van der Waals surface area (Å²) < 4.78 is 4.99. The third-order valence-electron chi connectivity index (χ3n) is 5.96. The fourth-order valence-corrected chi connectivity index (χ4v) is 4.62. The number of aryl methyl sites for hydroxylation is 1. The number of nitrogens with zero attached hydrogens (tertiary/aromatic N) is 2. The van der Waals surface area contributed by atoms with Crippen molar-refractivity contribution in [1.82, 2.24) is 14.8 Å². The Kier molecular flexibility index (Phi) is 4.91. The predicted octanol–water partition coefficient (Wildman–Crippen LogP) is 2.58. The number of aromatic nitrogens is 1. The molecule has 1 aromatic carbocycles. The third-order valence-corrected chi connectivity index (χ3v) is 5.96. The number of benzene rings is 1. The van der Waals surface area contributed by atoms with Crippen molar-refractivity contribution in [2.45, 2.75) is 32.2 Å². The van der Waals surface area contributed by atoms with E-state index in [-0.39, 0.29) is 24.5 Å². The maximum atomic E-state index is 13.2. The number of likely N-dealkylation sites (tertiary alicyclic amines) is 2. The van der Waals surface area contributed by atoms with Crippen molar-refractivity contribution in [3.8, 4) is 0 Å². The number of amides is 2. The molecular formula is C21H27N3O3. The Labute approximate surface area is 159 Å². The van der Waals surface area contributed by atoms with Gasteiger partial charge >= 0.3 is 0 Å². The fourth-order valence-electron chi connectivity index (χ4n) is 4.62. The van der Waals surface area contributed by atoms with Crippen LogP contribution in [0.1, 0.15) is 35.3 Å². The minimum absolute atomic E-state index is 0.0467. The van der Waals surface area contributed by atoms with Crippen molar-refractivity contribution in [2.24, 2.45) is 5.92 Å². The predicted molar refractivity (Wildman–Crippen MR) is 104 cm³/mol. The Morgan fingerprint density at radius 1 is 1.22 bits per heavy atom. The van der Waals surface area contributed by atoms with Crippen molar-refractivity contribution >= 4 is 22.7 Å². The largest absolute Gasteiger partial charge is 0.375 e. The van der Waals surface area contributed by atoms with Crippen LogP contribution in [0, 0.1) is 12.8 Å². The second-order valence-corrected chi connectivity index (χ2v) is 7.80. The summed E-state index contributed by atoms with van der Waals surface area (Å²) in [6.45, 7) is 4.40. The number of carbonyl (C=O) groups is 2. The highest BCUT2D eigenvalue weighted by molar-refractivity contribution is 5.98.